The van der Waals surface area contributed by atoms with E-state index in [4.69, 9.17) is 4.74 Å². The second-order valence-electron chi connectivity index (χ2n) is 8.60. The van der Waals surface area contributed by atoms with E-state index in [0.717, 1.165) is 28.3 Å². The van der Waals surface area contributed by atoms with Crippen LogP contribution in [0.5, 0.6) is 5.75 Å². The molecular formula is C26H29N5O3. The molecule has 8 nitrogen and oxygen atoms in total. The Morgan fingerprint density at radius 1 is 1.06 bits per heavy atom. The summed E-state index contributed by atoms with van der Waals surface area (Å²) in [6.45, 7) is 6.16. The molecular weight excluding hydrogens is 430 g/mol. The van der Waals surface area contributed by atoms with Crippen molar-refractivity contribution in [2.45, 2.75) is 27.2 Å². The fourth-order valence-corrected chi connectivity index (χ4v) is 4.11. The Labute approximate surface area is 199 Å². The van der Waals surface area contributed by atoms with Crippen LogP contribution in [0.1, 0.15) is 23.4 Å². The van der Waals surface area contributed by atoms with Gasteiger partial charge < -0.3 is 19.9 Å². The van der Waals surface area contributed by atoms with E-state index in [1.54, 1.807) is 12.0 Å². The zero-order chi connectivity index (χ0) is 24.4. The van der Waals surface area contributed by atoms with E-state index in [0.29, 0.717) is 23.9 Å². The Morgan fingerprint density at radius 3 is 2.38 bits per heavy atom. The van der Waals surface area contributed by atoms with Crippen LogP contribution in [0, 0.1) is 26.7 Å². The smallest absolute Gasteiger partial charge is 0.230 e. The first-order valence-electron chi connectivity index (χ1n) is 11.2. The normalized spacial score (nSPS) is 15.4. The summed E-state index contributed by atoms with van der Waals surface area (Å²) in [5.74, 6) is 0.630. The van der Waals surface area contributed by atoms with Crippen LogP contribution < -0.4 is 19.9 Å². The van der Waals surface area contributed by atoms with Crippen LogP contribution in [0.25, 0.3) is 0 Å². The van der Waals surface area contributed by atoms with Gasteiger partial charge in [0.2, 0.25) is 17.8 Å². The molecule has 1 saturated heterocycles. The molecule has 0 spiro atoms. The standard InChI is InChI=1S/C26H29N5O3/c1-16-6-11-22(34-5)14-23(16)31-15-19(13-24(31)32)25(33)29-20-7-9-21(10-8-20)30(4)26-27-17(2)12-18(3)28-26/h6-12,14,19H,13,15H2,1-5H3,(H,29,33). The maximum absolute atomic E-state index is 12.9. The molecule has 1 atom stereocenters. The number of carbonyl (C=O) groups excluding carboxylic acids is 2. The van der Waals surface area contributed by atoms with Crippen LogP contribution in [-0.2, 0) is 9.59 Å². The minimum atomic E-state index is -0.427. The summed E-state index contributed by atoms with van der Waals surface area (Å²) < 4.78 is 5.30. The highest BCUT2D eigenvalue weighted by Gasteiger charge is 2.36. The van der Waals surface area contributed by atoms with Crippen molar-refractivity contribution in [2.75, 3.05) is 35.8 Å². The lowest BCUT2D eigenvalue weighted by Gasteiger charge is -2.20. The van der Waals surface area contributed by atoms with Gasteiger partial charge in [-0.25, -0.2) is 9.97 Å². The highest BCUT2D eigenvalue weighted by atomic mass is 16.5. The van der Waals surface area contributed by atoms with Gasteiger partial charge in [0.25, 0.3) is 0 Å². The number of rotatable bonds is 6. The second kappa shape index (κ2) is 9.51. The quantitative estimate of drug-likeness (QED) is 0.595. The van der Waals surface area contributed by atoms with Gasteiger partial charge in [0.05, 0.1) is 18.7 Å². The van der Waals surface area contributed by atoms with Crippen LogP contribution in [0.3, 0.4) is 0 Å². The number of anilines is 4. The van der Waals surface area contributed by atoms with Gasteiger partial charge in [-0.2, -0.15) is 0 Å². The maximum Gasteiger partial charge on any atom is 0.230 e. The molecule has 1 aliphatic rings. The molecule has 8 heteroatoms. The summed E-state index contributed by atoms with van der Waals surface area (Å²) >= 11 is 0. The topological polar surface area (TPSA) is 87.7 Å². The van der Waals surface area contributed by atoms with E-state index in [2.05, 4.69) is 15.3 Å². The number of carbonyl (C=O) groups is 2. The van der Waals surface area contributed by atoms with Crippen LogP contribution in [-0.4, -0.2) is 42.5 Å². The number of benzene rings is 2. The number of amides is 2. The van der Waals surface area contributed by atoms with Crippen molar-refractivity contribution in [1.82, 2.24) is 9.97 Å². The number of ether oxygens (including phenoxy) is 1. The largest absolute Gasteiger partial charge is 0.497 e. The molecule has 4 rings (SSSR count). The Balaban J connectivity index is 1.43. The van der Waals surface area contributed by atoms with Gasteiger partial charge in [-0.1, -0.05) is 6.07 Å². The molecule has 1 aromatic heterocycles. The third kappa shape index (κ3) is 4.85. The van der Waals surface area contributed by atoms with Crippen LogP contribution >= 0.6 is 0 Å². The highest BCUT2D eigenvalue weighted by molar-refractivity contribution is 6.04. The van der Waals surface area contributed by atoms with Crippen molar-refractivity contribution in [3.63, 3.8) is 0 Å². The van der Waals surface area contributed by atoms with Gasteiger partial charge >= 0.3 is 0 Å². The first-order valence-corrected chi connectivity index (χ1v) is 11.2. The van der Waals surface area contributed by atoms with E-state index >= 15 is 0 Å². The molecule has 1 unspecified atom stereocenters. The number of nitrogens with zero attached hydrogens (tertiary/aromatic N) is 4. The summed E-state index contributed by atoms with van der Waals surface area (Å²) in [7, 11) is 3.50. The van der Waals surface area contributed by atoms with Crippen LogP contribution in [0.4, 0.5) is 23.0 Å². The van der Waals surface area contributed by atoms with E-state index in [1.165, 1.54) is 0 Å². The van der Waals surface area contributed by atoms with Crippen LogP contribution in [0.2, 0.25) is 0 Å². The summed E-state index contributed by atoms with van der Waals surface area (Å²) in [5.41, 5.74) is 5.12. The van der Waals surface area contributed by atoms with E-state index in [-0.39, 0.29) is 18.2 Å². The van der Waals surface area contributed by atoms with Gasteiger partial charge in [-0.05, 0) is 62.7 Å². The third-order valence-corrected chi connectivity index (χ3v) is 6.00. The molecule has 0 aliphatic carbocycles. The minimum absolute atomic E-state index is 0.0677. The summed E-state index contributed by atoms with van der Waals surface area (Å²) in [6.07, 6.45) is 0.174. The number of methoxy groups -OCH3 is 1. The molecule has 2 amide bonds. The number of aromatic nitrogens is 2. The Morgan fingerprint density at radius 2 is 1.74 bits per heavy atom. The molecule has 176 valence electrons. The molecule has 1 aliphatic heterocycles. The SMILES string of the molecule is COc1ccc(C)c(N2CC(C(=O)Nc3ccc(N(C)c4nc(C)cc(C)n4)cc3)CC2=O)c1. The van der Waals surface area contributed by atoms with Crippen molar-refractivity contribution in [3.05, 3.63) is 65.5 Å². The van der Waals surface area contributed by atoms with Crippen molar-refractivity contribution in [3.8, 4) is 5.75 Å². The molecule has 1 fully saturated rings. The van der Waals surface area contributed by atoms with Gasteiger partial charge in [-0.15, -0.1) is 0 Å². The number of nitrogens with one attached hydrogen (secondary N) is 1. The average molecular weight is 460 g/mol. The lowest BCUT2D eigenvalue weighted by Crippen LogP contribution is -2.28. The molecule has 34 heavy (non-hydrogen) atoms. The Bertz CT molecular complexity index is 1210. The summed E-state index contributed by atoms with van der Waals surface area (Å²) in [5, 5.41) is 2.95. The monoisotopic (exact) mass is 459 g/mol. The maximum atomic E-state index is 12.9. The van der Waals surface area contributed by atoms with E-state index in [1.807, 2.05) is 81.2 Å². The Kier molecular flexibility index (Phi) is 6.49. The van der Waals surface area contributed by atoms with Gasteiger partial charge in [-0.3, -0.25) is 9.59 Å². The first kappa shape index (κ1) is 23.2. The van der Waals surface area contributed by atoms with Crippen molar-refractivity contribution in [2.24, 2.45) is 5.92 Å². The number of aryl methyl sites for hydroxylation is 3. The average Bonchev–Trinajstić information content (AvgIpc) is 3.20. The molecule has 0 radical (unpaired) electrons. The predicted octanol–water partition coefficient (Wildman–Crippen LogP) is 4.17. The number of hydrogen-bond donors (Lipinski definition) is 1. The van der Waals surface area contributed by atoms with Gasteiger partial charge in [0, 0.05) is 48.8 Å². The summed E-state index contributed by atoms with van der Waals surface area (Å²) in [6, 6.07) is 15.0. The fourth-order valence-electron chi connectivity index (χ4n) is 4.11. The molecule has 2 heterocycles. The minimum Gasteiger partial charge on any atom is -0.497 e. The van der Waals surface area contributed by atoms with Gasteiger partial charge in [0.1, 0.15) is 5.75 Å². The zero-order valence-electron chi connectivity index (χ0n) is 20.1. The van der Waals surface area contributed by atoms with E-state index in [9.17, 15) is 9.59 Å². The lowest BCUT2D eigenvalue weighted by atomic mass is 10.1. The second-order valence-corrected chi connectivity index (χ2v) is 8.60. The molecule has 3 aromatic rings. The predicted molar refractivity (Wildman–Crippen MR) is 133 cm³/mol. The van der Waals surface area contributed by atoms with Crippen molar-refractivity contribution >= 4 is 34.8 Å². The van der Waals surface area contributed by atoms with E-state index < -0.39 is 5.92 Å². The molecule has 0 saturated carbocycles. The number of hydrogen-bond acceptors (Lipinski definition) is 6. The van der Waals surface area contributed by atoms with Crippen molar-refractivity contribution < 1.29 is 14.3 Å². The van der Waals surface area contributed by atoms with Gasteiger partial charge in [0.15, 0.2) is 0 Å². The molecule has 0 bridgehead atoms. The third-order valence-electron chi connectivity index (χ3n) is 6.00. The molecule has 1 N–H and O–H groups in total. The first-order chi connectivity index (χ1) is 16.2. The zero-order valence-corrected chi connectivity index (χ0v) is 20.1. The lowest BCUT2D eigenvalue weighted by molar-refractivity contribution is -0.122. The summed E-state index contributed by atoms with van der Waals surface area (Å²) in [4.78, 5) is 38.1. The molecule has 2 aromatic carbocycles. The highest BCUT2D eigenvalue weighted by Crippen LogP contribution is 2.31. The van der Waals surface area contributed by atoms with Crippen LogP contribution in [0.15, 0.2) is 48.5 Å². The Hall–Kier alpha value is -3.94. The van der Waals surface area contributed by atoms with Crippen molar-refractivity contribution in [1.29, 1.82) is 0 Å². The fraction of sp³-hybridized carbons (Fsp3) is 0.308.